The zero-order chi connectivity index (χ0) is 44.3. The first-order valence-corrected chi connectivity index (χ1v) is 24.2. The lowest BCUT2D eigenvalue weighted by molar-refractivity contribution is -0.415. The number of hydrogen-bond acceptors (Lipinski definition) is 7. The molecule has 2 saturated carbocycles. The Bertz CT molecular complexity index is 1580. The van der Waals surface area contributed by atoms with Gasteiger partial charge in [-0.25, -0.2) is 0 Å². The number of rotatable bonds is 4. The van der Waals surface area contributed by atoms with Crippen LogP contribution in [-0.4, -0.2) is 26.6 Å². The molecule has 340 valence electrons. The maximum Gasteiger partial charge on any atom is 0.119 e. The number of carboxylic acid groups (broad SMARTS) is 2. The number of phenols is 4. The topological polar surface area (TPSA) is 144 Å². The summed E-state index contributed by atoms with van der Waals surface area (Å²) in [4.78, 5) is 8.33. The van der Waals surface area contributed by atoms with Crippen LogP contribution in [0.25, 0.3) is 0 Å². The minimum absolute atomic E-state index is 0.323. The number of carbonyl (C=O) groups is 1. The number of aromatic hydroxyl groups is 4. The monoisotopic (exact) mass is 849 g/mol. The maximum atomic E-state index is 10.8. The summed E-state index contributed by atoms with van der Waals surface area (Å²) in [6, 6.07) is 31.1. The Morgan fingerprint density at radius 1 is 0.306 bits per heavy atom. The van der Waals surface area contributed by atoms with Gasteiger partial charge in [0.1, 0.15) is 23.0 Å². The van der Waals surface area contributed by atoms with Crippen molar-refractivity contribution in [1.82, 2.24) is 0 Å². The second-order valence-corrected chi connectivity index (χ2v) is 18.0. The standard InChI is InChI=1S/2C27H38O2.CH2O3/c2*28-25-19-13-11-17-23(25)27(24-18-12-14-20-26(24)29)21-15-9-7-5-3-1-2-4-6-8-10-16-22-27;2-1(3)4/h2*11-14,17-20,28-29H,1-10,15-16,21-22H2;(H2,2,3,4)/p-2. The predicted octanol–water partition coefficient (Wildman–Crippen LogP) is 13.3. The van der Waals surface area contributed by atoms with E-state index < -0.39 is 6.16 Å². The van der Waals surface area contributed by atoms with E-state index in [1.807, 2.05) is 48.5 Å². The van der Waals surface area contributed by atoms with Crippen LogP contribution in [0, 0.1) is 0 Å². The molecule has 4 aromatic rings. The molecular weight excluding hydrogens is 773 g/mol. The van der Waals surface area contributed by atoms with Crippen molar-refractivity contribution in [2.75, 3.05) is 0 Å². The van der Waals surface area contributed by atoms with E-state index >= 15 is 0 Å². The van der Waals surface area contributed by atoms with Gasteiger partial charge in [-0.2, -0.15) is 0 Å². The van der Waals surface area contributed by atoms with Crippen LogP contribution in [0.4, 0.5) is 4.79 Å². The summed E-state index contributed by atoms with van der Waals surface area (Å²) in [5.41, 5.74) is 3.27. The van der Waals surface area contributed by atoms with Crippen molar-refractivity contribution in [1.29, 1.82) is 0 Å². The van der Waals surface area contributed by atoms with Crippen LogP contribution in [0.1, 0.15) is 202 Å². The average Bonchev–Trinajstić information content (AvgIpc) is 3.28. The van der Waals surface area contributed by atoms with Gasteiger partial charge in [0.25, 0.3) is 0 Å². The van der Waals surface area contributed by atoms with Crippen LogP contribution in [-0.2, 0) is 10.8 Å². The van der Waals surface area contributed by atoms with Gasteiger partial charge in [-0.15, -0.1) is 0 Å². The summed E-state index contributed by atoms with van der Waals surface area (Å²) in [5.74, 6) is 1.42. The third-order valence-electron chi connectivity index (χ3n) is 13.6. The highest BCUT2D eigenvalue weighted by Crippen LogP contribution is 2.49. The fourth-order valence-corrected chi connectivity index (χ4v) is 10.4. The van der Waals surface area contributed by atoms with E-state index in [-0.39, 0.29) is 10.8 Å². The Labute approximate surface area is 373 Å². The highest BCUT2D eigenvalue weighted by molar-refractivity contribution is 5.52. The van der Waals surface area contributed by atoms with Crippen molar-refractivity contribution in [3.8, 4) is 23.0 Å². The number of carbonyl (C=O) groups excluding carboxylic acids is 1. The smallest absolute Gasteiger partial charge is 0.119 e. The van der Waals surface area contributed by atoms with Gasteiger partial charge in [0, 0.05) is 33.1 Å². The van der Waals surface area contributed by atoms with Gasteiger partial charge in [-0.05, 0) is 56.1 Å². The van der Waals surface area contributed by atoms with E-state index in [4.69, 9.17) is 15.0 Å². The van der Waals surface area contributed by atoms with E-state index in [1.54, 1.807) is 24.3 Å². The molecule has 0 saturated heterocycles. The predicted molar refractivity (Wildman–Crippen MR) is 249 cm³/mol. The maximum absolute atomic E-state index is 10.8. The molecule has 0 amide bonds. The molecular formula is C55H76O7-2. The van der Waals surface area contributed by atoms with E-state index in [2.05, 4.69) is 24.3 Å². The lowest BCUT2D eigenvalue weighted by Crippen LogP contribution is -2.37. The zero-order valence-electron chi connectivity index (χ0n) is 37.6. The lowest BCUT2D eigenvalue weighted by atomic mass is 9.67. The molecule has 4 N–H and O–H groups in total. The number of para-hydroxylation sites is 4. The molecule has 6 rings (SSSR count). The molecule has 2 fully saturated rings. The largest absolute Gasteiger partial charge is 0.652 e. The second-order valence-electron chi connectivity index (χ2n) is 18.0. The summed E-state index contributed by atoms with van der Waals surface area (Å²) in [6.45, 7) is 0. The van der Waals surface area contributed by atoms with Crippen LogP contribution >= 0.6 is 0 Å². The van der Waals surface area contributed by atoms with Gasteiger partial charge in [0.15, 0.2) is 0 Å². The van der Waals surface area contributed by atoms with Crippen molar-refractivity contribution in [3.05, 3.63) is 119 Å². The molecule has 0 heterocycles. The molecule has 62 heavy (non-hydrogen) atoms. The molecule has 0 aromatic heterocycles. The fourth-order valence-electron chi connectivity index (χ4n) is 10.4. The molecule has 4 aromatic carbocycles. The zero-order valence-corrected chi connectivity index (χ0v) is 37.6. The second kappa shape index (κ2) is 28.1. The van der Waals surface area contributed by atoms with Gasteiger partial charge in [-0.1, -0.05) is 227 Å². The van der Waals surface area contributed by atoms with Gasteiger partial charge in [-0.3, -0.25) is 0 Å². The molecule has 2 aliphatic carbocycles. The molecule has 0 atom stereocenters. The normalized spacial score (nSPS) is 18.8. The first-order valence-electron chi connectivity index (χ1n) is 24.2. The Hall–Kier alpha value is -4.65. The summed E-state index contributed by atoms with van der Waals surface area (Å²) >= 11 is 0. The van der Waals surface area contributed by atoms with Crippen molar-refractivity contribution in [2.45, 2.75) is 191 Å². The minimum atomic E-state index is -2.33. The third-order valence-corrected chi connectivity index (χ3v) is 13.6. The summed E-state index contributed by atoms with van der Waals surface area (Å²) in [5, 5.41) is 59.9. The molecule has 0 spiro atoms. The Morgan fingerprint density at radius 2 is 0.452 bits per heavy atom. The van der Waals surface area contributed by atoms with Gasteiger partial charge >= 0.3 is 0 Å². The van der Waals surface area contributed by atoms with Crippen molar-refractivity contribution in [2.24, 2.45) is 0 Å². The third kappa shape index (κ3) is 15.9. The highest BCUT2D eigenvalue weighted by atomic mass is 16.6. The lowest BCUT2D eigenvalue weighted by Gasteiger charge is -2.36. The van der Waals surface area contributed by atoms with Crippen LogP contribution in [0.5, 0.6) is 23.0 Å². The molecule has 7 nitrogen and oxygen atoms in total. The molecule has 0 aliphatic heterocycles. The van der Waals surface area contributed by atoms with Gasteiger partial charge in [0.05, 0.1) is 0 Å². The van der Waals surface area contributed by atoms with E-state index in [9.17, 15) is 20.4 Å². The van der Waals surface area contributed by atoms with E-state index in [1.165, 1.54) is 128 Å². The minimum Gasteiger partial charge on any atom is -0.652 e. The Morgan fingerprint density at radius 3 is 0.613 bits per heavy atom. The summed E-state index contributed by atoms with van der Waals surface area (Å²) in [7, 11) is 0. The summed E-state index contributed by atoms with van der Waals surface area (Å²) < 4.78 is 0. The molecule has 0 radical (unpaired) electrons. The number of hydrogen-bond donors (Lipinski definition) is 4. The highest BCUT2D eigenvalue weighted by Gasteiger charge is 2.38. The van der Waals surface area contributed by atoms with Crippen molar-refractivity contribution < 1.29 is 35.4 Å². The Kier molecular flexibility index (Phi) is 22.7. The fraction of sp³-hybridized carbons (Fsp3) is 0.545. The molecule has 0 unspecified atom stereocenters. The molecule has 7 heteroatoms. The van der Waals surface area contributed by atoms with E-state index in [0.717, 1.165) is 73.6 Å². The number of benzene rings is 4. The summed E-state index contributed by atoms with van der Waals surface area (Å²) in [6.07, 6.45) is 32.5. The first kappa shape index (κ1) is 50.0. The van der Waals surface area contributed by atoms with Crippen LogP contribution in [0.2, 0.25) is 0 Å². The van der Waals surface area contributed by atoms with E-state index in [0.29, 0.717) is 23.0 Å². The van der Waals surface area contributed by atoms with Gasteiger partial charge in [0.2, 0.25) is 0 Å². The first-order chi connectivity index (χ1) is 30.2. The van der Waals surface area contributed by atoms with Crippen molar-refractivity contribution >= 4 is 6.16 Å². The average molecular weight is 849 g/mol. The van der Waals surface area contributed by atoms with Gasteiger partial charge < -0.3 is 35.4 Å². The molecule has 0 bridgehead atoms. The van der Waals surface area contributed by atoms with Crippen LogP contribution < -0.4 is 10.2 Å². The molecule has 2 aliphatic rings. The van der Waals surface area contributed by atoms with Crippen LogP contribution in [0.3, 0.4) is 0 Å². The van der Waals surface area contributed by atoms with Crippen LogP contribution in [0.15, 0.2) is 97.1 Å². The van der Waals surface area contributed by atoms with Crippen molar-refractivity contribution in [3.63, 3.8) is 0 Å². The Balaban J connectivity index is 0.000000251. The quantitative estimate of drug-likeness (QED) is 0.160. The number of phenolic OH excluding ortho intramolecular Hbond substituents is 4. The SMILES string of the molecule is O=C([O-])[O-].Oc1ccccc1C1(c2ccccc2O)CCCCCCCCCCCCCC1.Oc1ccccc1C1(c2ccccc2O)CCCCCCCCCCCCCC1.